The molecule has 0 heterocycles. The molecule has 0 fully saturated rings. The van der Waals surface area contributed by atoms with E-state index in [1.165, 1.54) is 20.8 Å². The van der Waals surface area contributed by atoms with Gasteiger partial charge in [0.25, 0.3) is 20.2 Å². The van der Waals surface area contributed by atoms with Crippen molar-refractivity contribution in [3.63, 3.8) is 0 Å². The Balaban J connectivity index is 5.09. The molecule has 0 amide bonds. The van der Waals surface area contributed by atoms with E-state index >= 15 is 0 Å². The highest BCUT2D eigenvalue weighted by molar-refractivity contribution is 8.04. The van der Waals surface area contributed by atoms with E-state index in [0.717, 1.165) is 0 Å². The minimum absolute atomic E-state index is 0.0967. The van der Waals surface area contributed by atoms with Crippen LogP contribution in [0.5, 0.6) is 0 Å². The van der Waals surface area contributed by atoms with E-state index in [4.69, 9.17) is 0 Å². The number of hydrogen-bond donors (Lipinski definition) is 0. The Morgan fingerprint density at radius 2 is 1.20 bits per heavy atom. The van der Waals surface area contributed by atoms with Crippen molar-refractivity contribution in [3.8, 4) is 0 Å². The fourth-order valence-corrected chi connectivity index (χ4v) is 4.30. The second-order valence-electron chi connectivity index (χ2n) is 2.64. The molecule has 0 rings (SSSR count). The van der Waals surface area contributed by atoms with Gasteiger partial charge in [-0.05, 0) is 20.3 Å². The second-order valence-corrected chi connectivity index (χ2v) is 6.52. The van der Waals surface area contributed by atoms with Gasteiger partial charge < -0.3 is 0 Å². The maximum Gasteiger partial charge on any atom is 0.287 e. The molecule has 0 unspecified atom stereocenters. The SMILES string of the molecule is CCOS(=O)(=O)C(CC)S(=O)(=O)OCC. The maximum absolute atomic E-state index is 11.4. The average Bonchev–Trinajstić information content (AvgIpc) is 2.02. The third-order valence-electron chi connectivity index (χ3n) is 1.54. The summed E-state index contributed by atoms with van der Waals surface area (Å²) in [6.45, 7) is 4.19. The topological polar surface area (TPSA) is 86.7 Å². The molecule has 0 saturated heterocycles. The van der Waals surface area contributed by atoms with E-state index in [1.807, 2.05) is 0 Å². The molecule has 0 bridgehead atoms. The van der Waals surface area contributed by atoms with Crippen molar-refractivity contribution in [2.75, 3.05) is 13.2 Å². The van der Waals surface area contributed by atoms with Crippen LogP contribution in [0.15, 0.2) is 0 Å². The molecular formula is C7H16O6S2. The third-order valence-corrected chi connectivity index (χ3v) is 6.04. The Labute approximate surface area is 90.8 Å². The summed E-state index contributed by atoms with van der Waals surface area (Å²) >= 11 is 0. The Morgan fingerprint density at radius 1 is 0.867 bits per heavy atom. The van der Waals surface area contributed by atoms with E-state index in [2.05, 4.69) is 8.37 Å². The summed E-state index contributed by atoms with van der Waals surface area (Å²) in [5.74, 6) is 0. The molecule has 15 heavy (non-hydrogen) atoms. The van der Waals surface area contributed by atoms with Crippen LogP contribution in [-0.4, -0.2) is 34.6 Å². The molecule has 0 atom stereocenters. The molecule has 0 aliphatic rings. The van der Waals surface area contributed by atoms with E-state index in [1.54, 1.807) is 0 Å². The largest absolute Gasteiger partial charge is 0.287 e. The molecular weight excluding hydrogens is 244 g/mol. The Hall–Kier alpha value is -0.180. The molecule has 0 spiro atoms. The van der Waals surface area contributed by atoms with E-state index in [-0.39, 0.29) is 19.6 Å². The minimum Gasteiger partial charge on any atom is -0.269 e. The van der Waals surface area contributed by atoms with E-state index < -0.39 is 24.8 Å². The van der Waals surface area contributed by atoms with Crippen LogP contribution in [-0.2, 0) is 28.6 Å². The second kappa shape index (κ2) is 5.78. The normalized spacial score (nSPS) is 13.3. The zero-order valence-corrected chi connectivity index (χ0v) is 10.6. The summed E-state index contributed by atoms with van der Waals surface area (Å²) < 4.78 is 52.8. The van der Waals surface area contributed by atoms with E-state index in [9.17, 15) is 16.8 Å². The van der Waals surface area contributed by atoms with Gasteiger partial charge in [0, 0.05) is 0 Å². The van der Waals surface area contributed by atoms with Crippen molar-refractivity contribution in [2.24, 2.45) is 0 Å². The van der Waals surface area contributed by atoms with Crippen LogP contribution >= 0.6 is 0 Å². The molecule has 0 N–H and O–H groups in total. The van der Waals surface area contributed by atoms with Crippen LogP contribution in [0, 0.1) is 0 Å². The zero-order chi connectivity index (χ0) is 12.1. The smallest absolute Gasteiger partial charge is 0.269 e. The summed E-state index contributed by atoms with van der Waals surface area (Å²) in [5, 5.41) is 0. The Kier molecular flexibility index (Phi) is 5.71. The van der Waals surface area contributed by atoms with Crippen LogP contribution in [0.1, 0.15) is 27.2 Å². The summed E-state index contributed by atoms with van der Waals surface area (Å²) in [6, 6.07) is 0. The Bertz CT molecular complexity index is 332. The fourth-order valence-electron chi connectivity index (χ4n) is 1.03. The van der Waals surface area contributed by atoms with Gasteiger partial charge in [0.15, 0.2) is 0 Å². The van der Waals surface area contributed by atoms with Gasteiger partial charge in [0.1, 0.15) is 0 Å². The molecule has 0 aromatic heterocycles. The van der Waals surface area contributed by atoms with Gasteiger partial charge >= 0.3 is 0 Å². The highest BCUT2D eigenvalue weighted by atomic mass is 32.3. The summed E-state index contributed by atoms with van der Waals surface area (Å²) in [7, 11) is -8.23. The summed E-state index contributed by atoms with van der Waals surface area (Å²) in [5.41, 5.74) is 0. The summed E-state index contributed by atoms with van der Waals surface area (Å²) in [4.78, 5) is 0. The fraction of sp³-hybridized carbons (Fsp3) is 1.00. The van der Waals surface area contributed by atoms with Crippen molar-refractivity contribution in [2.45, 2.75) is 31.8 Å². The summed E-state index contributed by atoms with van der Waals surface area (Å²) in [6.07, 6.45) is -0.106. The molecule has 0 aromatic carbocycles. The van der Waals surface area contributed by atoms with Gasteiger partial charge in [-0.25, -0.2) is 0 Å². The lowest BCUT2D eigenvalue weighted by atomic mass is 10.6. The van der Waals surface area contributed by atoms with Gasteiger partial charge in [0.05, 0.1) is 13.2 Å². The van der Waals surface area contributed by atoms with Gasteiger partial charge in [0.2, 0.25) is 4.58 Å². The molecule has 0 saturated carbocycles. The molecule has 8 heteroatoms. The van der Waals surface area contributed by atoms with Gasteiger partial charge in [-0.3, -0.25) is 8.37 Å². The first-order chi connectivity index (χ1) is 6.81. The predicted octanol–water partition coefficient (Wildman–Crippen LogP) is 0.455. The zero-order valence-electron chi connectivity index (χ0n) is 8.96. The van der Waals surface area contributed by atoms with Gasteiger partial charge in [-0.15, -0.1) is 0 Å². The molecule has 0 radical (unpaired) electrons. The average molecular weight is 260 g/mol. The number of rotatable bonds is 7. The van der Waals surface area contributed by atoms with Crippen molar-refractivity contribution in [1.82, 2.24) is 0 Å². The lowest BCUT2D eigenvalue weighted by molar-refractivity contribution is 0.319. The molecule has 92 valence electrons. The molecule has 0 aromatic rings. The van der Waals surface area contributed by atoms with Crippen molar-refractivity contribution >= 4 is 20.2 Å². The third kappa shape index (κ3) is 4.06. The van der Waals surface area contributed by atoms with Crippen LogP contribution in [0.4, 0.5) is 0 Å². The van der Waals surface area contributed by atoms with Crippen LogP contribution in [0.2, 0.25) is 0 Å². The van der Waals surface area contributed by atoms with Crippen molar-refractivity contribution < 1.29 is 25.2 Å². The molecule has 0 aliphatic heterocycles. The minimum atomic E-state index is -4.12. The van der Waals surface area contributed by atoms with Crippen LogP contribution < -0.4 is 0 Å². The molecule has 6 nitrogen and oxygen atoms in total. The maximum atomic E-state index is 11.4. The van der Waals surface area contributed by atoms with Crippen molar-refractivity contribution in [1.29, 1.82) is 0 Å². The van der Waals surface area contributed by atoms with Crippen LogP contribution in [0.3, 0.4) is 0 Å². The lowest BCUT2D eigenvalue weighted by Gasteiger charge is -2.14. The highest BCUT2D eigenvalue weighted by Crippen LogP contribution is 2.17. The first-order valence-electron chi connectivity index (χ1n) is 4.58. The quantitative estimate of drug-likeness (QED) is 0.618. The first kappa shape index (κ1) is 14.8. The van der Waals surface area contributed by atoms with Crippen LogP contribution in [0.25, 0.3) is 0 Å². The standard InChI is InChI=1S/C7H16O6S2/c1-4-7(14(8,9)12-5-2)15(10,11)13-6-3/h7H,4-6H2,1-3H3. The first-order valence-corrected chi connectivity index (χ1v) is 7.52. The van der Waals surface area contributed by atoms with Gasteiger partial charge in [-0.1, -0.05) is 6.92 Å². The van der Waals surface area contributed by atoms with Crippen molar-refractivity contribution in [3.05, 3.63) is 0 Å². The van der Waals surface area contributed by atoms with Gasteiger partial charge in [-0.2, -0.15) is 16.8 Å². The predicted molar refractivity (Wildman–Crippen MR) is 55.2 cm³/mol. The Morgan fingerprint density at radius 3 is 1.40 bits per heavy atom. The highest BCUT2D eigenvalue weighted by Gasteiger charge is 2.37. The molecule has 0 aliphatic carbocycles. The monoisotopic (exact) mass is 260 g/mol. The van der Waals surface area contributed by atoms with E-state index in [0.29, 0.717) is 0 Å². The number of hydrogen-bond acceptors (Lipinski definition) is 6. The lowest BCUT2D eigenvalue weighted by Crippen LogP contribution is -2.32.